The molecule has 0 aromatic heterocycles. The number of β-amino-alcohol motifs (C(OH)–C–C–N with tert-alkyl or cyclic N) is 1. The Morgan fingerprint density at radius 3 is 2.41 bits per heavy atom. The van der Waals surface area contributed by atoms with Crippen LogP contribution in [0.25, 0.3) is 0 Å². The zero-order chi connectivity index (χ0) is 18.1. The van der Waals surface area contributed by atoms with Crippen LogP contribution in [0.4, 0.5) is 5.69 Å². The van der Waals surface area contributed by atoms with Crippen molar-refractivity contribution < 1.29 is 31.4 Å². The highest BCUT2D eigenvalue weighted by molar-refractivity contribution is 6.30. The molecule has 144 valence electrons. The van der Waals surface area contributed by atoms with E-state index in [2.05, 4.69) is 9.48 Å². The molecule has 1 atom stereocenters. The van der Waals surface area contributed by atoms with Gasteiger partial charge < -0.3 is 26.8 Å². The first-order chi connectivity index (χ1) is 12.6. The van der Waals surface area contributed by atoms with Gasteiger partial charge in [0.15, 0.2) is 6.54 Å². The van der Waals surface area contributed by atoms with E-state index in [9.17, 15) is 5.11 Å². The fourth-order valence-corrected chi connectivity index (χ4v) is 4.16. The third kappa shape index (κ3) is 3.73. The van der Waals surface area contributed by atoms with Crippen molar-refractivity contribution in [2.45, 2.75) is 31.4 Å². The van der Waals surface area contributed by atoms with Gasteiger partial charge in [-0.25, -0.2) is 9.48 Å². The minimum atomic E-state index is -1.04. The first kappa shape index (κ1) is 20.2. The summed E-state index contributed by atoms with van der Waals surface area (Å²) in [4.78, 5) is 2.24. The molecule has 6 heteroatoms. The summed E-state index contributed by atoms with van der Waals surface area (Å²) >= 11 is 6.07. The predicted octanol–water partition coefficient (Wildman–Crippen LogP) is 1.00. The van der Waals surface area contributed by atoms with E-state index in [1.165, 1.54) is 12.3 Å². The number of hydrogen-bond acceptors (Lipinski definition) is 3. The quantitative estimate of drug-likeness (QED) is 0.708. The van der Waals surface area contributed by atoms with Gasteiger partial charge in [-0.1, -0.05) is 11.6 Å². The summed E-state index contributed by atoms with van der Waals surface area (Å²) in [5.41, 5.74) is 0.931. The number of rotatable bonds is 3. The highest BCUT2D eigenvalue weighted by atomic mass is 79.9. The van der Waals surface area contributed by atoms with Gasteiger partial charge in [0.05, 0.1) is 13.7 Å². The van der Waals surface area contributed by atoms with Crippen LogP contribution in [0.15, 0.2) is 48.5 Å². The van der Waals surface area contributed by atoms with E-state index in [1.807, 2.05) is 48.5 Å². The van der Waals surface area contributed by atoms with Crippen LogP contribution in [0.5, 0.6) is 5.75 Å². The van der Waals surface area contributed by atoms with Crippen LogP contribution in [0.1, 0.15) is 31.2 Å². The lowest BCUT2D eigenvalue weighted by Gasteiger charge is -2.23. The lowest BCUT2D eigenvalue weighted by molar-refractivity contribution is -0.658. The molecule has 0 aliphatic carbocycles. The minimum Gasteiger partial charge on any atom is -1.00 e. The molecule has 1 unspecified atom stereocenters. The van der Waals surface area contributed by atoms with Crippen molar-refractivity contribution in [2.75, 3.05) is 25.1 Å². The van der Waals surface area contributed by atoms with Crippen LogP contribution in [-0.4, -0.2) is 35.7 Å². The number of methoxy groups -OCH3 is 1. The normalized spacial score (nSPS) is 22.1. The van der Waals surface area contributed by atoms with E-state index >= 15 is 0 Å². The molecular weight excluding hydrogens is 428 g/mol. The van der Waals surface area contributed by atoms with Gasteiger partial charge in [-0.05, 0) is 67.8 Å². The molecule has 2 aromatic rings. The molecule has 0 saturated heterocycles. The highest BCUT2D eigenvalue weighted by Gasteiger charge is 2.51. The number of amidine groups is 1. The number of ether oxygens (including phenoxy) is 1. The maximum atomic E-state index is 11.7. The van der Waals surface area contributed by atoms with Crippen molar-refractivity contribution in [1.29, 1.82) is 0 Å². The fraction of sp³-hybridized carbons (Fsp3) is 0.381. The number of nitrogens with zero attached hydrogens (tertiary/aromatic N) is 2. The summed E-state index contributed by atoms with van der Waals surface area (Å²) in [6, 6.07) is 15.6. The largest absolute Gasteiger partial charge is 1.00 e. The van der Waals surface area contributed by atoms with Gasteiger partial charge in [0.2, 0.25) is 0 Å². The molecule has 0 bridgehead atoms. The number of halogens is 2. The topological polar surface area (TPSA) is 35.7 Å². The second-order valence-corrected chi connectivity index (χ2v) is 7.42. The maximum Gasteiger partial charge on any atom is 0.271 e. The molecule has 2 aromatic carbocycles. The standard InChI is InChI=1S/C21H24ClN2O2.BrH/c1-26-19-12-6-16(7-13-19)21(25)15-23(18-10-8-17(22)9-11-18)20-5-3-2-4-14-24(20)21;/h6-13,25H,2-5,14-15H2,1H3;1H/q+1;/p-1. The molecule has 2 aliphatic heterocycles. The molecule has 4 nitrogen and oxygen atoms in total. The van der Waals surface area contributed by atoms with Crippen LogP contribution in [0, 0.1) is 0 Å². The van der Waals surface area contributed by atoms with E-state index in [4.69, 9.17) is 16.3 Å². The number of hydrogen-bond donors (Lipinski definition) is 1. The van der Waals surface area contributed by atoms with Crippen molar-refractivity contribution in [2.24, 2.45) is 0 Å². The van der Waals surface area contributed by atoms with Crippen molar-refractivity contribution >= 4 is 23.1 Å². The summed E-state index contributed by atoms with van der Waals surface area (Å²) < 4.78 is 7.46. The Balaban J connectivity index is 0.00000210. The third-order valence-electron chi connectivity index (χ3n) is 5.42. The second kappa shape index (κ2) is 8.21. The summed E-state index contributed by atoms with van der Waals surface area (Å²) in [6.07, 6.45) is 4.40. The average Bonchev–Trinajstić information content (AvgIpc) is 2.82. The Morgan fingerprint density at radius 2 is 1.74 bits per heavy atom. The summed E-state index contributed by atoms with van der Waals surface area (Å²) in [5.74, 6) is 1.99. The molecule has 0 amide bonds. The third-order valence-corrected chi connectivity index (χ3v) is 5.67. The van der Waals surface area contributed by atoms with E-state index in [0.29, 0.717) is 6.54 Å². The number of anilines is 1. The molecule has 27 heavy (non-hydrogen) atoms. The highest BCUT2D eigenvalue weighted by Crippen LogP contribution is 2.36. The van der Waals surface area contributed by atoms with Gasteiger partial charge in [-0.2, -0.15) is 0 Å². The van der Waals surface area contributed by atoms with E-state index < -0.39 is 5.72 Å². The van der Waals surface area contributed by atoms with Crippen LogP contribution < -0.4 is 26.6 Å². The first-order valence-corrected chi connectivity index (χ1v) is 9.53. The monoisotopic (exact) mass is 450 g/mol. The zero-order valence-electron chi connectivity index (χ0n) is 15.4. The Kier molecular flexibility index (Phi) is 6.14. The molecular formula is C21H24BrClN2O2. The lowest BCUT2D eigenvalue weighted by atomic mass is 10.0. The molecule has 0 fully saturated rings. The van der Waals surface area contributed by atoms with E-state index in [1.54, 1.807) is 7.11 Å². The van der Waals surface area contributed by atoms with Crippen LogP contribution in [-0.2, 0) is 5.72 Å². The van der Waals surface area contributed by atoms with E-state index in [0.717, 1.165) is 47.8 Å². The summed E-state index contributed by atoms with van der Waals surface area (Å²) in [6.45, 7) is 1.37. The van der Waals surface area contributed by atoms with Gasteiger partial charge in [-0.15, -0.1) is 0 Å². The predicted molar refractivity (Wildman–Crippen MR) is 104 cm³/mol. The Labute approximate surface area is 175 Å². The fourth-order valence-electron chi connectivity index (χ4n) is 4.04. The molecule has 4 rings (SSSR count). The van der Waals surface area contributed by atoms with Crippen molar-refractivity contribution in [1.82, 2.24) is 0 Å². The summed E-state index contributed by atoms with van der Waals surface area (Å²) in [5, 5.41) is 12.5. The van der Waals surface area contributed by atoms with Gasteiger partial charge in [0.25, 0.3) is 11.6 Å². The first-order valence-electron chi connectivity index (χ1n) is 9.15. The van der Waals surface area contributed by atoms with Gasteiger partial charge in [0.1, 0.15) is 11.4 Å². The van der Waals surface area contributed by atoms with Gasteiger partial charge in [-0.3, -0.25) is 0 Å². The molecule has 2 aliphatic rings. The minimum absolute atomic E-state index is 0. The van der Waals surface area contributed by atoms with Crippen LogP contribution >= 0.6 is 11.6 Å². The summed E-state index contributed by atoms with van der Waals surface area (Å²) in [7, 11) is 1.66. The maximum absolute atomic E-state index is 11.7. The molecule has 0 spiro atoms. The molecule has 0 saturated carbocycles. The lowest BCUT2D eigenvalue weighted by Crippen LogP contribution is -3.00. The zero-order valence-corrected chi connectivity index (χ0v) is 17.7. The molecule has 1 N–H and O–H groups in total. The number of aliphatic hydroxyl groups is 1. The second-order valence-electron chi connectivity index (χ2n) is 6.99. The van der Waals surface area contributed by atoms with Crippen molar-refractivity contribution in [3.05, 3.63) is 59.1 Å². The average molecular weight is 452 g/mol. The van der Waals surface area contributed by atoms with E-state index in [-0.39, 0.29) is 17.0 Å². The van der Waals surface area contributed by atoms with Crippen molar-refractivity contribution in [3.8, 4) is 5.75 Å². The smallest absolute Gasteiger partial charge is 0.271 e. The molecule has 2 heterocycles. The van der Waals surface area contributed by atoms with Crippen LogP contribution in [0.2, 0.25) is 5.02 Å². The SMILES string of the molecule is COc1ccc(C2(O)CN(c3ccc(Cl)cc3)C3=[N+]2CCCCC3)cc1.[Br-]. The Morgan fingerprint density at radius 1 is 1.04 bits per heavy atom. The Bertz CT molecular complexity index is 823. The molecule has 0 radical (unpaired) electrons. The van der Waals surface area contributed by atoms with Crippen molar-refractivity contribution in [3.63, 3.8) is 0 Å². The Hall–Kier alpha value is -1.56. The number of benzene rings is 2. The van der Waals surface area contributed by atoms with Gasteiger partial charge >= 0.3 is 0 Å². The van der Waals surface area contributed by atoms with Gasteiger partial charge in [0, 0.05) is 17.0 Å². The van der Waals surface area contributed by atoms with Crippen LogP contribution in [0.3, 0.4) is 0 Å².